The normalized spacial score (nSPS) is 20.8. The second-order valence-electron chi connectivity index (χ2n) is 14.2. The van der Waals surface area contributed by atoms with Crippen LogP contribution in [0.25, 0.3) is 0 Å². The standard InChI is InChI=1S/C36H52N4O10/c1-6-28(42)38-26(25(23-10-8-7-9-11-23)19-24(41)18-22(2)20-36(3,4)5)15-17-49-31(45)13-12-29(43)37-21-27-32(46)33(47)34(50-27)40-16-14-30(44)39-35(40)48/h7-11,14,16,22,25-27,32-34,46-47H,6,12-13,15,17-21H2,1-5H3,(H,37,43)(H,38,42)(H,39,44,48). The number of ketones is 1. The number of ether oxygens (including phenoxy) is 2. The van der Waals surface area contributed by atoms with Gasteiger partial charge in [0.1, 0.15) is 24.1 Å². The molecule has 2 aromatic rings. The molecule has 14 heteroatoms. The molecule has 1 aromatic carbocycles. The van der Waals surface area contributed by atoms with E-state index in [1.54, 1.807) is 6.92 Å². The van der Waals surface area contributed by atoms with Gasteiger partial charge in [0.05, 0.1) is 13.0 Å². The number of aromatic amines is 1. The first-order valence-corrected chi connectivity index (χ1v) is 17.2. The molecule has 0 saturated carbocycles. The molecule has 0 bridgehead atoms. The summed E-state index contributed by atoms with van der Waals surface area (Å²) < 4.78 is 11.9. The fraction of sp³-hybridized carbons (Fsp3) is 0.611. The van der Waals surface area contributed by atoms with E-state index in [4.69, 9.17) is 9.47 Å². The summed E-state index contributed by atoms with van der Waals surface area (Å²) in [6.45, 7) is 9.99. The summed E-state index contributed by atoms with van der Waals surface area (Å²) in [4.78, 5) is 76.4. The van der Waals surface area contributed by atoms with E-state index in [9.17, 15) is 39.0 Å². The lowest BCUT2D eigenvalue weighted by atomic mass is 9.80. The number of amides is 2. The quantitative estimate of drug-likeness (QED) is 0.143. The van der Waals surface area contributed by atoms with Gasteiger partial charge in [-0.15, -0.1) is 0 Å². The maximum Gasteiger partial charge on any atom is 0.330 e. The van der Waals surface area contributed by atoms with Crippen LogP contribution in [-0.4, -0.2) is 80.8 Å². The number of nitrogens with zero attached hydrogens (tertiary/aromatic N) is 1. The van der Waals surface area contributed by atoms with Crippen LogP contribution < -0.4 is 21.9 Å². The first-order chi connectivity index (χ1) is 23.6. The minimum Gasteiger partial charge on any atom is -0.466 e. The predicted octanol–water partition coefficient (Wildman–Crippen LogP) is 2.09. The number of rotatable bonds is 18. The maximum atomic E-state index is 13.3. The van der Waals surface area contributed by atoms with Crippen molar-refractivity contribution in [2.24, 2.45) is 11.3 Å². The zero-order valence-electron chi connectivity index (χ0n) is 29.6. The number of aromatic nitrogens is 2. The average Bonchev–Trinajstić information content (AvgIpc) is 3.32. The van der Waals surface area contributed by atoms with Crippen LogP contribution in [0.1, 0.15) is 97.3 Å². The lowest BCUT2D eigenvalue weighted by Crippen LogP contribution is -2.41. The van der Waals surface area contributed by atoms with Crippen LogP contribution in [-0.2, 0) is 28.7 Å². The Morgan fingerprint density at radius 3 is 2.34 bits per heavy atom. The van der Waals surface area contributed by atoms with E-state index in [1.165, 1.54) is 0 Å². The van der Waals surface area contributed by atoms with Crippen molar-refractivity contribution in [3.05, 3.63) is 69.0 Å². The lowest BCUT2D eigenvalue weighted by Gasteiger charge is -2.29. The Labute approximate surface area is 292 Å². The van der Waals surface area contributed by atoms with E-state index in [0.29, 0.717) is 6.42 Å². The highest BCUT2D eigenvalue weighted by atomic mass is 16.6. The zero-order valence-corrected chi connectivity index (χ0v) is 29.6. The Morgan fingerprint density at radius 1 is 1.00 bits per heavy atom. The second kappa shape index (κ2) is 18.7. The Bertz CT molecular complexity index is 1550. The van der Waals surface area contributed by atoms with Crippen LogP contribution in [0, 0.1) is 11.3 Å². The molecule has 14 nitrogen and oxygen atoms in total. The summed E-state index contributed by atoms with van der Waals surface area (Å²) in [7, 11) is 0. The molecule has 50 heavy (non-hydrogen) atoms. The molecule has 0 radical (unpaired) electrons. The third-order valence-corrected chi connectivity index (χ3v) is 8.58. The fourth-order valence-electron chi connectivity index (χ4n) is 6.36. The number of hydrogen-bond acceptors (Lipinski definition) is 10. The monoisotopic (exact) mass is 700 g/mol. The van der Waals surface area contributed by atoms with Crippen molar-refractivity contribution >= 4 is 23.6 Å². The Morgan fingerprint density at radius 2 is 1.70 bits per heavy atom. The predicted molar refractivity (Wildman–Crippen MR) is 184 cm³/mol. The summed E-state index contributed by atoms with van der Waals surface area (Å²) in [5.41, 5.74) is -0.475. The zero-order chi connectivity index (χ0) is 37.0. The first kappa shape index (κ1) is 40.3. The fourth-order valence-corrected chi connectivity index (χ4v) is 6.36. The number of benzene rings is 1. The third kappa shape index (κ3) is 12.6. The van der Waals surface area contributed by atoms with Gasteiger partial charge in [0.25, 0.3) is 5.56 Å². The Kier molecular flexibility index (Phi) is 15.1. The minimum absolute atomic E-state index is 0.0431. The summed E-state index contributed by atoms with van der Waals surface area (Å²) in [5, 5.41) is 26.3. The molecule has 1 aliphatic heterocycles. The van der Waals surface area contributed by atoms with E-state index >= 15 is 0 Å². The molecule has 7 unspecified atom stereocenters. The van der Waals surface area contributed by atoms with Gasteiger partial charge in [-0.2, -0.15) is 0 Å². The smallest absolute Gasteiger partial charge is 0.330 e. The molecule has 5 N–H and O–H groups in total. The van der Waals surface area contributed by atoms with E-state index in [0.717, 1.165) is 28.8 Å². The van der Waals surface area contributed by atoms with E-state index in [2.05, 4.69) is 38.3 Å². The van der Waals surface area contributed by atoms with Gasteiger partial charge < -0.3 is 30.3 Å². The summed E-state index contributed by atoms with van der Waals surface area (Å²) in [6.07, 6.45) is -2.57. The highest BCUT2D eigenvalue weighted by Crippen LogP contribution is 2.31. The number of carbonyl (C=O) groups excluding carboxylic acids is 4. The van der Waals surface area contributed by atoms with Gasteiger partial charge in [0, 0.05) is 62.9 Å². The van der Waals surface area contributed by atoms with Crippen LogP contribution in [0.15, 0.2) is 52.2 Å². The molecule has 2 amide bonds. The molecular formula is C36H52N4O10. The van der Waals surface area contributed by atoms with Crippen molar-refractivity contribution in [3.8, 4) is 0 Å². The van der Waals surface area contributed by atoms with Gasteiger partial charge in [-0.25, -0.2) is 4.79 Å². The second-order valence-corrected chi connectivity index (χ2v) is 14.2. The Hall–Kier alpha value is -4.14. The molecule has 1 saturated heterocycles. The van der Waals surface area contributed by atoms with E-state index in [1.807, 2.05) is 35.3 Å². The topological polar surface area (TPSA) is 206 Å². The number of hydrogen-bond donors (Lipinski definition) is 5. The molecule has 276 valence electrons. The largest absolute Gasteiger partial charge is 0.466 e. The van der Waals surface area contributed by atoms with Crippen molar-refractivity contribution in [1.82, 2.24) is 20.2 Å². The van der Waals surface area contributed by atoms with Gasteiger partial charge in [0.15, 0.2) is 6.23 Å². The van der Waals surface area contributed by atoms with Crippen molar-refractivity contribution in [3.63, 3.8) is 0 Å². The van der Waals surface area contributed by atoms with Crippen LogP contribution in [0.4, 0.5) is 0 Å². The van der Waals surface area contributed by atoms with E-state index < -0.39 is 53.7 Å². The maximum absolute atomic E-state index is 13.3. The van der Waals surface area contributed by atoms with Crippen molar-refractivity contribution in [1.29, 1.82) is 0 Å². The van der Waals surface area contributed by atoms with E-state index in [-0.39, 0.29) is 74.2 Å². The summed E-state index contributed by atoms with van der Waals surface area (Å²) in [6, 6.07) is 10.1. The molecule has 7 atom stereocenters. The SMILES string of the molecule is CCC(=O)NC(CCOC(=O)CCC(=O)NCC1OC(n2ccc(=O)[nH]c2=O)C(O)C1O)C(CC(=O)CC(C)CC(C)(C)C)c1ccccc1. The van der Waals surface area contributed by atoms with Gasteiger partial charge in [-0.1, -0.05) is 65.0 Å². The molecule has 1 aromatic heterocycles. The molecule has 0 spiro atoms. The summed E-state index contributed by atoms with van der Waals surface area (Å²) >= 11 is 0. The number of carbonyl (C=O) groups is 4. The van der Waals surface area contributed by atoms with Crippen LogP contribution >= 0.6 is 0 Å². The average molecular weight is 701 g/mol. The van der Waals surface area contributed by atoms with Gasteiger partial charge in [-0.05, 0) is 23.3 Å². The number of Topliss-reactive ketones (excluding diaryl/α,β-unsaturated/α-hetero) is 1. The summed E-state index contributed by atoms with van der Waals surface area (Å²) in [5.74, 6) is -1.39. The van der Waals surface area contributed by atoms with Gasteiger partial charge >= 0.3 is 11.7 Å². The minimum atomic E-state index is -1.50. The molecular weight excluding hydrogens is 648 g/mol. The lowest BCUT2D eigenvalue weighted by molar-refractivity contribution is -0.145. The van der Waals surface area contributed by atoms with Crippen molar-refractivity contribution < 1.29 is 38.9 Å². The Balaban J connectivity index is 1.53. The van der Waals surface area contributed by atoms with Crippen molar-refractivity contribution in [2.75, 3.05) is 13.2 Å². The number of nitrogens with one attached hydrogen (secondary N) is 3. The molecule has 1 fully saturated rings. The van der Waals surface area contributed by atoms with Gasteiger partial charge in [-0.3, -0.25) is 33.5 Å². The third-order valence-electron chi connectivity index (χ3n) is 8.58. The first-order valence-electron chi connectivity index (χ1n) is 17.2. The molecule has 2 heterocycles. The van der Waals surface area contributed by atoms with Crippen LogP contribution in [0.3, 0.4) is 0 Å². The highest BCUT2D eigenvalue weighted by molar-refractivity contribution is 5.81. The highest BCUT2D eigenvalue weighted by Gasteiger charge is 2.44. The molecule has 1 aliphatic rings. The molecule has 0 aliphatic carbocycles. The number of H-pyrrole nitrogens is 1. The van der Waals surface area contributed by atoms with Crippen LogP contribution in [0.2, 0.25) is 0 Å². The number of aliphatic hydroxyl groups is 2. The van der Waals surface area contributed by atoms with Gasteiger partial charge in [0.2, 0.25) is 11.8 Å². The van der Waals surface area contributed by atoms with Crippen molar-refractivity contribution in [2.45, 2.75) is 116 Å². The number of esters is 1. The molecule has 3 rings (SSSR count). The van der Waals surface area contributed by atoms with Crippen LogP contribution in [0.5, 0.6) is 0 Å². The number of aliphatic hydroxyl groups excluding tert-OH is 2.